The van der Waals surface area contributed by atoms with Crippen LogP contribution in [-0.4, -0.2) is 30.2 Å². The Kier molecular flexibility index (Phi) is 5.55. The second-order valence-electron chi connectivity index (χ2n) is 6.48. The molecule has 2 aromatic carbocycles. The van der Waals surface area contributed by atoms with Gasteiger partial charge in [0.15, 0.2) is 0 Å². The van der Waals surface area contributed by atoms with E-state index in [1.54, 1.807) is 6.07 Å². The van der Waals surface area contributed by atoms with E-state index in [4.69, 9.17) is 15.1 Å². The summed E-state index contributed by atoms with van der Waals surface area (Å²) in [6.07, 6.45) is -3.81. The number of aliphatic hydroxyl groups is 1. The molecule has 2 atom stereocenters. The summed E-state index contributed by atoms with van der Waals surface area (Å²) in [5, 5.41) is 30.2. The number of nitriles is 1. The number of halogens is 4. The minimum atomic E-state index is -5.89. The summed E-state index contributed by atoms with van der Waals surface area (Å²) >= 11 is 0. The topological polar surface area (TPSA) is 137 Å². The van der Waals surface area contributed by atoms with Crippen molar-refractivity contribution in [3.63, 3.8) is 0 Å². The number of carbonyl (C=O) groups is 1. The van der Waals surface area contributed by atoms with Gasteiger partial charge in [-0.05, 0) is 24.3 Å². The lowest BCUT2D eigenvalue weighted by atomic mass is 10.1. The molecule has 3 rings (SSSR count). The summed E-state index contributed by atoms with van der Waals surface area (Å²) in [5.41, 5.74) is -6.83. The number of amides is 1. The summed E-state index contributed by atoms with van der Waals surface area (Å²) in [7, 11) is -5.89. The Bertz CT molecular complexity index is 1210. The van der Waals surface area contributed by atoms with Gasteiger partial charge in [0.25, 0.3) is 9.84 Å². The number of nitrogens with one attached hydrogen (secondary N) is 1. The lowest BCUT2D eigenvalue weighted by molar-refractivity contribution is -0.0437. The van der Waals surface area contributed by atoms with Gasteiger partial charge >= 0.3 is 11.6 Å². The molecule has 0 fully saturated rings. The minimum Gasteiger partial charge on any atom is -0.465 e. The molecular formula is C18H12F4N2O6S. The van der Waals surface area contributed by atoms with Crippen molar-refractivity contribution in [3.8, 4) is 17.6 Å². The summed E-state index contributed by atoms with van der Waals surface area (Å²) in [6, 6.07) is 4.63. The third kappa shape index (κ3) is 4.12. The van der Waals surface area contributed by atoms with E-state index in [2.05, 4.69) is 0 Å². The van der Waals surface area contributed by atoms with Crippen LogP contribution in [0, 0.1) is 17.1 Å². The van der Waals surface area contributed by atoms with E-state index in [1.807, 2.05) is 5.32 Å². The van der Waals surface area contributed by atoms with Gasteiger partial charge in [-0.3, -0.25) is 0 Å². The molecule has 3 N–H and O–H groups in total. The number of sulfone groups is 1. The van der Waals surface area contributed by atoms with Gasteiger partial charge in [0.2, 0.25) is 0 Å². The van der Waals surface area contributed by atoms with Crippen molar-refractivity contribution in [1.82, 2.24) is 5.32 Å². The van der Waals surface area contributed by atoms with Crippen LogP contribution in [0.5, 0.6) is 11.5 Å². The Morgan fingerprint density at radius 2 is 1.90 bits per heavy atom. The predicted molar refractivity (Wildman–Crippen MR) is 94.4 cm³/mol. The first-order valence-electron chi connectivity index (χ1n) is 8.39. The van der Waals surface area contributed by atoms with Crippen molar-refractivity contribution in [3.05, 3.63) is 52.8 Å². The van der Waals surface area contributed by atoms with Crippen LogP contribution in [0.4, 0.5) is 22.4 Å². The minimum absolute atomic E-state index is 0.136. The third-order valence-corrected chi connectivity index (χ3v) is 6.01. The fraction of sp³-hybridized carbons (Fsp3) is 0.222. The number of aliphatic hydroxyl groups excluding tert-OH is 1. The van der Waals surface area contributed by atoms with Crippen molar-refractivity contribution in [2.45, 2.75) is 29.0 Å². The zero-order valence-corrected chi connectivity index (χ0v) is 16.0. The first-order valence-corrected chi connectivity index (χ1v) is 9.87. The molecule has 1 aliphatic rings. The van der Waals surface area contributed by atoms with Crippen LogP contribution in [-0.2, 0) is 9.84 Å². The van der Waals surface area contributed by atoms with Gasteiger partial charge in [0.05, 0.1) is 28.7 Å². The van der Waals surface area contributed by atoms with Crippen molar-refractivity contribution in [2.75, 3.05) is 0 Å². The summed E-state index contributed by atoms with van der Waals surface area (Å²) in [4.78, 5) is 9.84. The Hall–Kier alpha value is -3.37. The quantitative estimate of drug-likeness (QED) is 0.594. The standard InChI is InChI=1S/C18H12F4N2O6S/c19-9-3-8(7-23)4-10(5-9)30-13-1-2-14(31(28,29)18(20,21)22)16-12(25)6-11(15(13)16)24-17(26)27/h1-5,11-12,24-25H,6H2,(H,26,27)/t11-,12+/m0/s1. The molecule has 0 heterocycles. The van der Waals surface area contributed by atoms with Gasteiger partial charge in [-0.25, -0.2) is 17.6 Å². The number of ether oxygens (including phenoxy) is 1. The Morgan fingerprint density at radius 3 is 2.48 bits per heavy atom. The molecule has 0 saturated heterocycles. The molecule has 31 heavy (non-hydrogen) atoms. The average Bonchev–Trinajstić information content (AvgIpc) is 2.96. The molecule has 1 aliphatic carbocycles. The van der Waals surface area contributed by atoms with Crippen LogP contribution >= 0.6 is 0 Å². The average molecular weight is 460 g/mol. The fourth-order valence-electron chi connectivity index (χ4n) is 3.30. The Morgan fingerprint density at radius 1 is 1.23 bits per heavy atom. The lowest BCUT2D eigenvalue weighted by Gasteiger charge is -2.19. The van der Waals surface area contributed by atoms with Crippen LogP contribution in [0.25, 0.3) is 0 Å². The number of carboxylic acid groups (broad SMARTS) is 1. The van der Waals surface area contributed by atoms with Crippen LogP contribution < -0.4 is 10.1 Å². The molecule has 0 saturated carbocycles. The predicted octanol–water partition coefficient (Wildman–Crippen LogP) is 3.53. The van der Waals surface area contributed by atoms with Crippen molar-refractivity contribution in [1.29, 1.82) is 5.26 Å². The summed E-state index contributed by atoms with van der Waals surface area (Å²) in [5.74, 6) is -1.43. The van der Waals surface area contributed by atoms with Crippen molar-refractivity contribution < 1.29 is 45.7 Å². The number of nitrogens with zero attached hydrogens (tertiary/aromatic N) is 1. The number of hydrogen-bond acceptors (Lipinski definition) is 6. The Labute approximate surface area is 172 Å². The first kappa shape index (κ1) is 22.3. The van der Waals surface area contributed by atoms with E-state index < -0.39 is 56.3 Å². The SMILES string of the molecule is N#Cc1cc(F)cc(Oc2ccc(S(=O)(=O)C(F)(F)F)c3c2[C@@H](NC(=O)O)C[C@H]3O)c1. The van der Waals surface area contributed by atoms with Gasteiger partial charge in [-0.15, -0.1) is 0 Å². The van der Waals surface area contributed by atoms with Crippen LogP contribution in [0.15, 0.2) is 35.2 Å². The molecule has 0 radical (unpaired) electrons. The van der Waals surface area contributed by atoms with E-state index in [1.165, 1.54) is 0 Å². The van der Waals surface area contributed by atoms with E-state index in [0.29, 0.717) is 6.07 Å². The maximum atomic E-state index is 13.7. The highest BCUT2D eigenvalue weighted by atomic mass is 32.2. The summed E-state index contributed by atoms with van der Waals surface area (Å²) in [6.45, 7) is 0. The smallest absolute Gasteiger partial charge is 0.465 e. The largest absolute Gasteiger partial charge is 0.501 e. The monoisotopic (exact) mass is 460 g/mol. The van der Waals surface area contributed by atoms with E-state index in [-0.39, 0.29) is 22.6 Å². The van der Waals surface area contributed by atoms with Crippen LogP contribution in [0.3, 0.4) is 0 Å². The third-order valence-electron chi connectivity index (χ3n) is 4.47. The molecule has 2 aromatic rings. The zero-order valence-electron chi connectivity index (χ0n) is 15.1. The Balaban J connectivity index is 2.22. The molecule has 0 unspecified atom stereocenters. The molecule has 0 bridgehead atoms. The van der Waals surface area contributed by atoms with E-state index >= 15 is 0 Å². The molecule has 0 spiro atoms. The molecule has 1 amide bonds. The second kappa shape index (κ2) is 7.71. The van der Waals surface area contributed by atoms with Crippen molar-refractivity contribution in [2.24, 2.45) is 0 Å². The molecule has 0 aromatic heterocycles. The van der Waals surface area contributed by atoms with Crippen molar-refractivity contribution >= 4 is 15.9 Å². The number of hydrogen-bond donors (Lipinski definition) is 3. The maximum absolute atomic E-state index is 13.7. The fourth-order valence-corrected chi connectivity index (χ4v) is 4.33. The second-order valence-corrected chi connectivity index (χ2v) is 8.39. The highest BCUT2D eigenvalue weighted by molar-refractivity contribution is 7.92. The molecule has 164 valence electrons. The number of alkyl halides is 3. The number of fused-ring (bicyclic) bond motifs is 1. The van der Waals surface area contributed by atoms with E-state index in [9.17, 15) is 35.9 Å². The van der Waals surface area contributed by atoms with E-state index in [0.717, 1.165) is 24.3 Å². The van der Waals surface area contributed by atoms with Crippen LogP contribution in [0.2, 0.25) is 0 Å². The number of benzene rings is 2. The van der Waals surface area contributed by atoms with Gasteiger partial charge in [0.1, 0.15) is 17.3 Å². The molecule has 8 nitrogen and oxygen atoms in total. The van der Waals surface area contributed by atoms with Gasteiger partial charge < -0.3 is 20.3 Å². The van der Waals surface area contributed by atoms with Crippen LogP contribution in [0.1, 0.15) is 35.3 Å². The highest BCUT2D eigenvalue weighted by Crippen LogP contribution is 2.49. The lowest BCUT2D eigenvalue weighted by Crippen LogP contribution is -2.26. The molecular weight excluding hydrogens is 448 g/mol. The maximum Gasteiger partial charge on any atom is 0.501 e. The zero-order chi connectivity index (χ0) is 23.1. The molecule has 0 aliphatic heterocycles. The number of rotatable bonds is 4. The first-order chi connectivity index (χ1) is 14.3. The highest BCUT2D eigenvalue weighted by Gasteiger charge is 2.50. The normalized spacial score (nSPS) is 18.2. The van der Waals surface area contributed by atoms with Gasteiger partial charge in [0, 0.05) is 23.6 Å². The van der Waals surface area contributed by atoms with Gasteiger partial charge in [-0.1, -0.05) is 0 Å². The molecule has 13 heteroatoms. The van der Waals surface area contributed by atoms with Gasteiger partial charge in [-0.2, -0.15) is 18.4 Å². The summed E-state index contributed by atoms with van der Waals surface area (Å²) < 4.78 is 82.5.